The predicted molar refractivity (Wildman–Crippen MR) is 106 cm³/mol. The molecule has 0 spiro atoms. The summed E-state index contributed by atoms with van der Waals surface area (Å²) in [7, 11) is 0. The molecule has 0 aliphatic carbocycles. The Morgan fingerprint density at radius 2 is 1.81 bits per heavy atom. The van der Waals surface area contributed by atoms with E-state index in [9.17, 15) is 10.1 Å². The van der Waals surface area contributed by atoms with Crippen LogP contribution in [-0.4, -0.2) is 10.9 Å². The molecular formula is C21H17N3OS. The van der Waals surface area contributed by atoms with Gasteiger partial charge in [-0.3, -0.25) is 10.1 Å². The molecule has 3 aromatic rings. The first kappa shape index (κ1) is 17.6. The summed E-state index contributed by atoms with van der Waals surface area (Å²) >= 11 is 1.40. The highest BCUT2D eigenvalue weighted by Crippen LogP contribution is 2.30. The monoisotopic (exact) mass is 359 g/mol. The topological polar surface area (TPSA) is 65.8 Å². The van der Waals surface area contributed by atoms with Gasteiger partial charge in [0, 0.05) is 10.4 Å². The molecule has 0 bridgehead atoms. The summed E-state index contributed by atoms with van der Waals surface area (Å²) in [5, 5.41) is 12.5. The van der Waals surface area contributed by atoms with Gasteiger partial charge in [0.05, 0.1) is 5.69 Å². The van der Waals surface area contributed by atoms with E-state index in [4.69, 9.17) is 0 Å². The van der Waals surface area contributed by atoms with Gasteiger partial charge in [-0.25, -0.2) is 4.98 Å². The van der Waals surface area contributed by atoms with Gasteiger partial charge in [-0.1, -0.05) is 60.2 Å². The fourth-order valence-corrected chi connectivity index (χ4v) is 3.29. The lowest BCUT2D eigenvalue weighted by atomic mass is 10.1. The summed E-state index contributed by atoms with van der Waals surface area (Å²) in [5.74, 6) is -0.458. The first-order chi connectivity index (χ1) is 12.6. The van der Waals surface area contributed by atoms with Crippen LogP contribution in [0.3, 0.4) is 0 Å². The fraction of sp³-hybridized carbons (Fsp3) is 0.0952. The molecule has 2 aromatic carbocycles. The number of aromatic nitrogens is 1. The molecule has 1 heterocycles. The van der Waals surface area contributed by atoms with Crippen molar-refractivity contribution in [1.82, 2.24) is 4.98 Å². The molecule has 1 aromatic heterocycles. The Kier molecular flexibility index (Phi) is 5.26. The number of hydrogen-bond acceptors (Lipinski definition) is 4. The molecule has 4 nitrogen and oxygen atoms in total. The third kappa shape index (κ3) is 4.05. The third-order valence-corrected chi connectivity index (χ3v) is 4.70. The second kappa shape index (κ2) is 7.77. The molecule has 0 fully saturated rings. The van der Waals surface area contributed by atoms with E-state index in [1.54, 1.807) is 6.08 Å². The zero-order chi connectivity index (χ0) is 18.5. The average molecular weight is 359 g/mol. The molecule has 0 radical (unpaired) electrons. The van der Waals surface area contributed by atoms with Gasteiger partial charge in [0.2, 0.25) is 0 Å². The Morgan fingerprint density at radius 3 is 2.46 bits per heavy atom. The molecule has 128 valence electrons. The Morgan fingerprint density at radius 1 is 1.12 bits per heavy atom. The van der Waals surface area contributed by atoms with Crippen LogP contribution in [0.4, 0.5) is 5.13 Å². The third-order valence-electron chi connectivity index (χ3n) is 3.82. The highest BCUT2D eigenvalue weighted by Gasteiger charge is 2.15. The Labute approximate surface area is 156 Å². The van der Waals surface area contributed by atoms with Crippen LogP contribution in [0.25, 0.3) is 17.3 Å². The summed E-state index contributed by atoms with van der Waals surface area (Å²) in [6.45, 7) is 4.00. The molecule has 0 saturated heterocycles. The number of nitrogens with one attached hydrogen (secondary N) is 1. The van der Waals surface area contributed by atoms with Crippen molar-refractivity contribution in [2.45, 2.75) is 13.8 Å². The molecule has 3 rings (SSSR count). The number of nitriles is 1. The van der Waals surface area contributed by atoms with E-state index < -0.39 is 5.91 Å². The second-order valence-electron chi connectivity index (χ2n) is 5.82. The first-order valence-electron chi connectivity index (χ1n) is 8.09. The van der Waals surface area contributed by atoms with Crippen LogP contribution in [0.5, 0.6) is 0 Å². The van der Waals surface area contributed by atoms with Crippen LogP contribution in [0, 0.1) is 25.2 Å². The van der Waals surface area contributed by atoms with Crippen LogP contribution >= 0.6 is 11.3 Å². The highest BCUT2D eigenvalue weighted by atomic mass is 32.1. The number of carbonyl (C=O) groups is 1. The molecule has 0 saturated carbocycles. The van der Waals surface area contributed by atoms with Crippen LogP contribution in [0.1, 0.15) is 16.0 Å². The molecule has 1 amide bonds. The summed E-state index contributed by atoms with van der Waals surface area (Å²) < 4.78 is 0. The smallest absolute Gasteiger partial charge is 0.268 e. The lowest BCUT2D eigenvalue weighted by molar-refractivity contribution is -0.112. The minimum absolute atomic E-state index is 0.0425. The van der Waals surface area contributed by atoms with E-state index in [2.05, 4.69) is 10.3 Å². The van der Waals surface area contributed by atoms with Gasteiger partial charge in [-0.2, -0.15) is 5.26 Å². The van der Waals surface area contributed by atoms with Crippen molar-refractivity contribution < 1.29 is 4.79 Å². The van der Waals surface area contributed by atoms with Gasteiger partial charge < -0.3 is 0 Å². The molecule has 0 aliphatic rings. The van der Waals surface area contributed by atoms with E-state index in [1.807, 2.05) is 74.5 Å². The zero-order valence-corrected chi connectivity index (χ0v) is 15.3. The number of benzene rings is 2. The van der Waals surface area contributed by atoms with E-state index in [0.29, 0.717) is 5.13 Å². The molecule has 5 heteroatoms. The molecule has 0 aliphatic heterocycles. The second-order valence-corrected chi connectivity index (χ2v) is 7.03. The summed E-state index contributed by atoms with van der Waals surface area (Å²) in [4.78, 5) is 17.9. The maximum absolute atomic E-state index is 12.4. The van der Waals surface area contributed by atoms with Crippen molar-refractivity contribution in [2.75, 3.05) is 5.32 Å². The van der Waals surface area contributed by atoms with Crippen LogP contribution in [-0.2, 0) is 4.79 Å². The van der Waals surface area contributed by atoms with E-state index >= 15 is 0 Å². The van der Waals surface area contributed by atoms with Crippen molar-refractivity contribution in [3.05, 3.63) is 76.2 Å². The zero-order valence-electron chi connectivity index (χ0n) is 14.5. The molecule has 1 N–H and O–H groups in total. The molecule has 26 heavy (non-hydrogen) atoms. The van der Waals surface area contributed by atoms with Crippen molar-refractivity contribution >= 4 is 28.5 Å². The maximum atomic E-state index is 12.4. The fourth-order valence-electron chi connectivity index (χ4n) is 2.46. The minimum atomic E-state index is -0.458. The average Bonchev–Trinajstić information content (AvgIpc) is 3.01. The van der Waals surface area contributed by atoms with Crippen LogP contribution in [0.2, 0.25) is 0 Å². The summed E-state index contributed by atoms with van der Waals surface area (Å²) in [5.41, 5.74) is 3.87. The molecule has 0 atom stereocenters. The van der Waals surface area contributed by atoms with Gasteiger partial charge in [-0.15, -0.1) is 11.3 Å². The standard InChI is InChI=1S/C21H17N3OS/c1-14-8-10-17(11-9-14)19-15(2)26-21(23-19)24-20(25)18(13-22)12-16-6-4-3-5-7-16/h3-12H,1-2H3,(H,23,24,25)/b18-12+. The number of nitrogens with zero attached hydrogens (tertiary/aromatic N) is 2. The first-order valence-corrected chi connectivity index (χ1v) is 8.91. The Hall–Kier alpha value is -3.23. The van der Waals surface area contributed by atoms with E-state index in [-0.39, 0.29) is 5.57 Å². The van der Waals surface area contributed by atoms with Crippen molar-refractivity contribution in [3.63, 3.8) is 0 Å². The van der Waals surface area contributed by atoms with Crippen molar-refractivity contribution in [1.29, 1.82) is 5.26 Å². The van der Waals surface area contributed by atoms with Crippen LogP contribution < -0.4 is 5.32 Å². The van der Waals surface area contributed by atoms with Crippen LogP contribution in [0.15, 0.2) is 60.2 Å². The number of thiazole rings is 1. The Balaban J connectivity index is 1.81. The quantitative estimate of drug-likeness (QED) is 0.528. The van der Waals surface area contributed by atoms with Gasteiger partial charge >= 0.3 is 0 Å². The van der Waals surface area contributed by atoms with Gasteiger partial charge in [0.25, 0.3) is 5.91 Å². The molecular weight excluding hydrogens is 342 g/mol. The highest BCUT2D eigenvalue weighted by molar-refractivity contribution is 7.16. The van der Waals surface area contributed by atoms with E-state index in [1.165, 1.54) is 16.9 Å². The maximum Gasteiger partial charge on any atom is 0.268 e. The van der Waals surface area contributed by atoms with Gasteiger partial charge in [-0.05, 0) is 25.5 Å². The SMILES string of the molecule is Cc1ccc(-c2nc(NC(=O)/C(C#N)=C/c3ccccc3)sc2C)cc1. The lowest BCUT2D eigenvalue weighted by Crippen LogP contribution is -2.13. The molecule has 0 unspecified atom stereocenters. The predicted octanol–water partition coefficient (Wildman–Crippen LogP) is 4.97. The number of hydrogen-bond donors (Lipinski definition) is 1. The van der Waals surface area contributed by atoms with Gasteiger partial charge in [0.1, 0.15) is 11.6 Å². The lowest BCUT2D eigenvalue weighted by Gasteiger charge is -2.01. The normalized spacial score (nSPS) is 11.0. The minimum Gasteiger partial charge on any atom is -0.297 e. The van der Waals surface area contributed by atoms with Crippen molar-refractivity contribution in [2.24, 2.45) is 0 Å². The largest absolute Gasteiger partial charge is 0.297 e. The summed E-state index contributed by atoms with van der Waals surface area (Å²) in [6, 6.07) is 19.3. The number of anilines is 1. The van der Waals surface area contributed by atoms with Gasteiger partial charge in [0.15, 0.2) is 5.13 Å². The summed E-state index contributed by atoms with van der Waals surface area (Å²) in [6.07, 6.45) is 1.57. The number of amides is 1. The van der Waals surface area contributed by atoms with E-state index in [0.717, 1.165) is 21.7 Å². The van der Waals surface area contributed by atoms with Crippen molar-refractivity contribution in [3.8, 4) is 17.3 Å². The number of aryl methyl sites for hydroxylation is 2. The Bertz CT molecular complexity index is 996. The number of carbonyl (C=O) groups excluding carboxylic acids is 1. The number of rotatable bonds is 4.